The van der Waals surface area contributed by atoms with Crippen LogP contribution in [0.1, 0.15) is 136 Å². The Hall–Kier alpha value is -0.160. The van der Waals surface area contributed by atoms with Crippen LogP contribution in [0.15, 0.2) is 0 Å². The Kier molecular flexibility index (Phi) is 27.7. The van der Waals surface area contributed by atoms with Crippen LogP contribution in [0.2, 0.25) is 0 Å². The number of rotatable bonds is 21. The third kappa shape index (κ3) is 25.8. The van der Waals surface area contributed by atoms with E-state index in [0.29, 0.717) is 0 Å². The fourth-order valence-electron chi connectivity index (χ4n) is 4.16. The zero-order valence-corrected chi connectivity index (χ0v) is 20.6. The fourth-order valence-corrected chi connectivity index (χ4v) is 4.16. The lowest BCUT2D eigenvalue weighted by molar-refractivity contribution is -0.910. The molecular weight excluding hydrogens is 362 g/mol. The normalized spacial score (nSPS) is 11.4. The van der Waals surface area contributed by atoms with Gasteiger partial charge in [0.05, 0.1) is 26.7 Å². The van der Waals surface area contributed by atoms with Crippen molar-refractivity contribution in [1.82, 2.24) is 0 Å². The highest BCUT2D eigenvalue weighted by atomic mass is 17.4. The molecule has 0 aliphatic rings. The fraction of sp³-hybridized carbons (Fsp3) is 1.00. The third-order valence-corrected chi connectivity index (χ3v) is 6.15. The SMILES string of the molecule is CCCCCCCC[N+](C)(CCCCCCCC)CCCCCCCC.OOO. The molecule has 0 atom stereocenters. The van der Waals surface area contributed by atoms with E-state index < -0.39 is 0 Å². The topological polar surface area (TPSA) is 49.7 Å². The molecule has 0 heterocycles. The van der Waals surface area contributed by atoms with Crippen LogP contribution in [0.3, 0.4) is 0 Å². The zero-order chi connectivity index (χ0) is 22.1. The van der Waals surface area contributed by atoms with E-state index in [1.165, 1.54) is 140 Å². The number of quaternary nitrogens is 1. The molecule has 0 unspecified atom stereocenters. The van der Waals surface area contributed by atoms with Gasteiger partial charge in [0, 0.05) is 0 Å². The number of unbranched alkanes of at least 4 members (excludes halogenated alkanes) is 15. The van der Waals surface area contributed by atoms with Gasteiger partial charge in [-0.15, -0.1) is 0 Å². The summed E-state index contributed by atoms with van der Waals surface area (Å²) in [7, 11) is 2.56. The Balaban J connectivity index is 0. The number of hydrogen-bond acceptors (Lipinski definition) is 3. The first kappa shape index (κ1) is 31.0. The van der Waals surface area contributed by atoms with Crippen molar-refractivity contribution in [2.24, 2.45) is 0 Å². The van der Waals surface area contributed by atoms with Gasteiger partial charge in [0.15, 0.2) is 0 Å². The molecule has 0 aliphatic carbocycles. The quantitative estimate of drug-likeness (QED) is 0.0850. The zero-order valence-electron chi connectivity index (χ0n) is 20.6. The summed E-state index contributed by atoms with van der Waals surface area (Å²) in [6, 6.07) is 0. The van der Waals surface area contributed by atoms with E-state index in [1.807, 2.05) is 0 Å². The molecule has 178 valence electrons. The summed E-state index contributed by atoms with van der Waals surface area (Å²) in [6.07, 6.45) is 25.9. The lowest BCUT2D eigenvalue weighted by atomic mass is 10.1. The molecule has 4 heteroatoms. The van der Waals surface area contributed by atoms with Gasteiger partial charge in [-0.05, 0) is 38.5 Å². The second-order valence-corrected chi connectivity index (χ2v) is 9.18. The first-order chi connectivity index (χ1) is 14.1. The molecule has 0 radical (unpaired) electrons. The number of hydrogen-bond donors (Lipinski definition) is 2. The van der Waals surface area contributed by atoms with Crippen molar-refractivity contribution in [3.05, 3.63) is 0 Å². The summed E-state index contributed by atoms with van der Waals surface area (Å²) in [5.74, 6) is 0. The Morgan fingerprint density at radius 1 is 0.448 bits per heavy atom. The van der Waals surface area contributed by atoms with Gasteiger partial charge in [-0.2, -0.15) is 0 Å². The van der Waals surface area contributed by atoms with Crippen LogP contribution < -0.4 is 0 Å². The average Bonchev–Trinajstić information content (AvgIpc) is 2.71. The Morgan fingerprint density at radius 3 is 0.897 bits per heavy atom. The van der Waals surface area contributed by atoms with Gasteiger partial charge in [-0.1, -0.05) is 103 Å². The predicted molar refractivity (Wildman–Crippen MR) is 127 cm³/mol. The van der Waals surface area contributed by atoms with E-state index in [9.17, 15) is 0 Å². The molecule has 0 spiro atoms. The van der Waals surface area contributed by atoms with E-state index in [0.717, 1.165) is 0 Å². The highest BCUT2D eigenvalue weighted by Crippen LogP contribution is 2.16. The second kappa shape index (κ2) is 25.9. The Bertz CT molecular complexity index is 246. The van der Waals surface area contributed by atoms with Gasteiger partial charge in [0.25, 0.3) is 0 Å². The van der Waals surface area contributed by atoms with Crippen molar-refractivity contribution in [2.45, 2.75) is 136 Å². The largest absolute Gasteiger partial charge is 0.326 e. The molecule has 0 aromatic carbocycles. The number of nitrogens with zero attached hydrogens (tertiary/aromatic N) is 1. The second-order valence-electron chi connectivity index (χ2n) is 9.18. The average molecular weight is 419 g/mol. The van der Waals surface area contributed by atoms with Crippen molar-refractivity contribution >= 4 is 0 Å². The van der Waals surface area contributed by atoms with Crippen molar-refractivity contribution in [3.8, 4) is 0 Å². The van der Waals surface area contributed by atoms with Crippen molar-refractivity contribution in [2.75, 3.05) is 26.7 Å². The van der Waals surface area contributed by atoms with E-state index >= 15 is 0 Å². The molecule has 4 nitrogen and oxygen atoms in total. The highest BCUT2D eigenvalue weighted by molar-refractivity contribution is 4.51. The minimum Gasteiger partial charge on any atom is -0.326 e. The summed E-state index contributed by atoms with van der Waals surface area (Å²) < 4.78 is 1.36. The van der Waals surface area contributed by atoms with Gasteiger partial charge in [-0.3, -0.25) is 0 Å². The molecule has 0 aromatic rings. The van der Waals surface area contributed by atoms with Crippen LogP contribution in [0, 0.1) is 0 Å². The maximum Gasteiger partial charge on any atom is 0.0784 e. The van der Waals surface area contributed by atoms with Gasteiger partial charge in [-0.25, -0.2) is 10.5 Å². The molecule has 0 saturated heterocycles. The lowest BCUT2D eigenvalue weighted by Gasteiger charge is -2.35. The van der Waals surface area contributed by atoms with Crippen LogP contribution in [0.5, 0.6) is 0 Å². The summed E-state index contributed by atoms with van der Waals surface area (Å²) in [5, 5.41) is 15.5. The van der Waals surface area contributed by atoms with Crippen LogP contribution >= 0.6 is 0 Å². The van der Waals surface area contributed by atoms with Crippen LogP contribution in [0.25, 0.3) is 0 Å². The van der Waals surface area contributed by atoms with Crippen LogP contribution in [-0.4, -0.2) is 41.7 Å². The molecule has 0 rings (SSSR count). The smallest absolute Gasteiger partial charge is 0.0784 e. The summed E-state index contributed by atoms with van der Waals surface area (Å²) in [4.78, 5) is 0. The van der Waals surface area contributed by atoms with E-state index in [1.54, 1.807) is 0 Å². The van der Waals surface area contributed by atoms with Gasteiger partial charge in [0.1, 0.15) is 0 Å². The first-order valence-electron chi connectivity index (χ1n) is 12.9. The molecule has 2 N–H and O–H groups in total. The van der Waals surface area contributed by atoms with Crippen molar-refractivity contribution in [3.63, 3.8) is 0 Å². The summed E-state index contributed by atoms with van der Waals surface area (Å²) in [6.45, 7) is 11.2. The first-order valence-corrected chi connectivity index (χ1v) is 12.9. The molecule has 0 aromatic heterocycles. The monoisotopic (exact) mass is 418 g/mol. The molecule has 0 fully saturated rings. The maximum atomic E-state index is 6.62. The van der Waals surface area contributed by atoms with Crippen LogP contribution in [-0.2, 0) is 5.04 Å². The summed E-state index contributed by atoms with van der Waals surface area (Å²) >= 11 is 0. The third-order valence-electron chi connectivity index (χ3n) is 6.15. The molecule has 0 amide bonds. The van der Waals surface area contributed by atoms with Gasteiger partial charge in [0.2, 0.25) is 0 Å². The minimum absolute atomic E-state index is 1.36. The minimum atomic E-state index is 1.36. The van der Waals surface area contributed by atoms with Crippen LogP contribution in [0.4, 0.5) is 0 Å². The van der Waals surface area contributed by atoms with Gasteiger partial charge >= 0.3 is 0 Å². The van der Waals surface area contributed by atoms with E-state index in [-0.39, 0.29) is 0 Å². The molecular formula is C25H56NO3+. The molecule has 0 saturated carbocycles. The Morgan fingerprint density at radius 2 is 0.655 bits per heavy atom. The summed E-state index contributed by atoms with van der Waals surface area (Å²) in [5.41, 5.74) is 0. The standard InChI is InChI=1S/C25H54N.H2O3/c1-5-8-11-14-17-20-23-26(4,24-21-18-15-12-9-6-2)25-22-19-16-13-10-7-3;1-3-2/h5-25H2,1-4H3;1-2H/q+1;. The molecule has 0 aliphatic heterocycles. The maximum absolute atomic E-state index is 6.62. The van der Waals surface area contributed by atoms with E-state index in [4.69, 9.17) is 10.5 Å². The van der Waals surface area contributed by atoms with E-state index in [2.05, 4.69) is 32.9 Å². The van der Waals surface area contributed by atoms with Crippen molar-refractivity contribution < 1.29 is 20.0 Å². The van der Waals surface area contributed by atoms with Gasteiger partial charge < -0.3 is 4.48 Å². The highest BCUT2D eigenvalue weighted by Gasteiger charge is 2.20. The van der Waals surface area contributed by atoms with Crippen molar-refractivity contribution in [1.29, 1.82) is 0 Å². The molecule has 0 bridgehead atoms. The Labute approximate surface area is 183 Å². The molecule has 29 heavy (non-hydrogen) atoms. The predicted octanol–water partition coefficient (Wildman–Crippen LogP) is 8.46. The lowest BCUT2D eigenvalue weighted by Crippen LogP contribution is -2.46.